The largest absolute Gasteiger partial charge is 0.353 e. The van der Waals surface area contributed by atoms with E-state index in [9.17, 15) is 0 Å². The highest BCUT2D eigenvalue weighted by atomic mass is 35.5. The fourth-order valence-corrected chi connectivity index (χ4v) is 3.10. The summed E-state index contributed by atoms with van der Waals surface area (Å²) in [6.07, 6.45) is 5.38. The molecule has 7 heteroatoms. The van der Waals surface area contributed by atoms with Crippen LogP contribution in [0.2, 0.25) is 5.15 Å². The Morgan fingerprint density at radius 1 is 1.04 bits per heavy atom. The molecule has 1 aliphatic rings. The summed E-state index contributed by atoms with van der Waals surface area (Å²) in [5, 5.41) is 1.63. The predicted octanol–water partition coefficient (Wildman–Crippen LogP) is 2.33. The molecule has 1 fully saturated rings. The number of halogens is 1. The van der Waals surface area contributed by atoms with Crippen LogP contribution in [0.4, 0.5) is 5.82 Å². The van der Waals surface area contributed by atoms with Gasteiger partial charge in [0.1, 0.15) is 22.9 Å². The Balaban J connectivity index is 1.43. The summed E-state index contributed by atoms with van der Waals surface area (Å²) in [6, 6.07) is 5.92. The maximum Gasteiger partial charge on any atom is 0.142 e. The zero-order valence-electron chi connectivity index (χ0n) is 12.6. The molecule has 0 amide bonds. The first kappa shape index (κ1) is 14.4. The van der Waals surface area contributed by atoms with E-state index in [0.29, 0.717) is 5.15 Å². The standard InChI is InChI=1S/C16H17ClN6/c17-14-2-1-12(9-19-14)10-22-5-7-23(8-6-22)16-13-3-4-18-15(13)20-11-21-16/h1-4,9,11H,5-8,10H2,(H,18,20,21). The van der Waals surface area contributed by atoms with Gasteiger partial charge >= 0.3 is 0 Å². The van der Waals surface area contributed by atoms with Crippen molar-refractivity contribution in [2.75, 3.05) is 31.1 Å². The third-order valence-electron chi connectivity index (χ3n) is 4.20. The van der Waals surface area contributed by atoms with E-state index in [0.717, 1.165) is 49.6 Å². The first-order valence-corrected chi connectivity index (χ1v) is 8.03. The second-order valence-electron chi connectivity index (χ2n) is 5.69. The molecule has 1 aliphatic heterocycles. The number of rotatable bonds is 3. The number of aromatic amines is 1. The van der Waals surface area contributed by atoms with Crippen molar-refractivity contribution >= 4 is 28.5 Å². The molecule has 1 saturated heterocycles. The van der Waals surface area contributed by atoms with Crippen LogP contribution < -0.4 is 4.90 Å². The second-order valence-corrected chi connectivity index (χ2v) is 6.08. The van der Waals surface area contributed by atoms with Crippen LogP contribution in [0.3, 0.4) is 0 Å². The molecular formula is C16H17ClN6. The van der Waals surface area contributed by atoms with Gasteiger partial charge in [0, 0.05) is 45.1 Å². The van der Waals surface area contributed by atoms with Crippen LogP contribution in [0.25, 0.3) is 11.0 Å². The number of nitrogens with one attached hydrogen (secondary N) is 1. The maximum absolute atomic E-state index is 5.83. The Morgan fingerprint density at radius 3 is 2.70 bits per heavy atom. The number of aromatic nitrogens is 4. The van der Waals surface area contributed by atoms with E-state index < -0.39 is 0 Å². The first-order valence-electron chi connectivity index (χ1n) is 7.65. The summed E-state index contributed by atoms with van der Waals surface area (Å²) in [6.45, 7) is 4.81. The number of H-pyrrole nitrogens is 1. The molecule has 0 spiro atoms. The lowest BCUT2D eigenvalue weighted by molar-refractivity contribution is 0.249. The van der Waals surface area contributed by atoms with Crippen molar-refractivity contribution < 1.29 is 0 Å². The molecule has 4 rings (SSSR count). The molecule has 118 valence electrons. The van der Waals surface area contributed by atoms with Crippen molar-refractivity contribution in [3.05, 3.63) is 47.6 Å². The average Bonchev–Trinajstić information content (AvgIpc) is 3.06. The summed E-state index contributed by atoms with van der Waals surface area (Å²) < 4.78 is 0. The van der Waals surface area contributed by atoms with Gasteiger partial charge in [0.05, 0.1) is 5.39 Å². The molecule has 1 N–H and O–H groups in total. The molecule has 4 heterocycles. The molecule has 6 nitrogen and oxygen atoms in total. The van der Waals surface area contributed by atoms with Crippen LogP contribution in [-0.4, -0.2) is 51.0 Å². The number of pyridine rings is 1. The van der Waals surface area contributed by atoms with E-state index in [1.54, 1.807) is 6.33 Å². The number of hydrogen-bond acceptors (Lipinski definition) is 5. The van der Waals surface area contributed by atoms with Crippen LogP contribution in [0.1, 0.15) is 5.56 Å². The molecule has 0 atom stereocenters. The van der Waals surface area contributed by atoms with Crippen molar-refractivity contribution in [1.29, 1.82) is 0 Å². The van der Waals surface area contributed by atoms with Crippen LogP contribution in [0, 0.1) is 0 Å². The molecule has 0 bridgehead atoms. The summed E-state index contributed by atoms with van der Waals surface area (Å²) >= 11 is 5.83. The molecule has 0 radical (unpaired) electrons. The van der Waals surface area contributed by atoms with E-state index in [-0.39, 0.29) is 0 Å². The van der Waals surface area contributed by atoms with E-state index >= 15 is 0 Å². The van der Waals surface area contributed by atoms with Crippen LogP contribution in [-0.2, 0) is 6.54 Å². The van der Waals surface area contributed by atoms with E-state index in [1.165, 1.54) is 5.56 Å². The second kappa shape index (κ2) is 6.14. The third-order valence-corrected chi connectivity index (χ3v) is 4.42. The predicted molar refractivity (Wildman–Crippen MR) is 90.6 cm³/mol. The zero-order chi connectivity index (χ0) is 15.6. The smallest absolute Gasteiger partial charge is 0.142 e. The van der Waals surface area contributed by atoms with Crippen LogP contribution >= 0.6 is 11.6 Å². The Morgan fingerprint density at radius 2 is 1.91 bits per heavy atom. The van der Waals surface area contributed by atoms with Gasteiger partial charge in [0.25, 0.3) is 0 Å². The Kier molecular flexibility index (Phi) is 3.85. The Bertz CT molecular complexity index is 792. The lowest BCUT2D eigenvalue weighted by Gasteiger charge is -2.35. The van der Waals surface area contributed by atoms with Gasteiger partial charge in [0.15, 0.2) is 0 Å². The van der Waals surface area contributed by atoms with Gasteiger partial charge in [0.2, 0.25) is 0 Å². The molecular weight excluding hydrogens is 312 g/mol. The fraction of sp³-hybridized carbons (Fsp3) is 0.312. The minimum Gasteiger partial charge on any atom is -0.353 e. The summed E-state index contributed by atoms with van der Waals surface area (Å²) in [4.78, 5) is 20.8. The van der Waals surface area contributed by atoms with Gasteiger partial charge in [-0.2, -0.15) is 0 Å². The maximum atomic E-state index is 5.83. The number of hydrogen-bond donors (Lipinski definition) is 1. The van der Waals surface area contributed by atoms with Crippen LogP contribution in [0.5, 0.6) is 0 Å². The normalized spacial score (nSPS) is 16.1. The molecule has 3 aromatic heterocycles. The van der Waals surface area contributed by atoms with Gasteiger partial charge < -0.3 is 9.88 Å². The molecule has 0 saturated carbocycles. The Hall–Kier alpha value is -2.18. The summed E-state index contributed by atoms with van der Waals surface area (Å²) in [7, 11) is 0. The molecule has 0 aliphatic carbocycles. The van der Waals surface area contributed by atoms with Crippen molar-refractivity contribution in [2.45, 2.75) is 6.54 Å². The highest BCUT2D eigenvalue weighted by Crippen LogP contribution is 2.23. The number of piperazine rings is 1. The van der Waals surface area contributed by atoms with Gasteiger partial charge in [-0.25, -0.2) is 15.0 Å². The summed E-state index contributed by atoms with van der Waals surface area (Å²) in [5.74, 6) is 1.02. The Labute approximate surface area is 139 Å². The van der Waals surface area contributed by atoms with Crippen molar-refractivity contribution in [2.24, 2.45) is 0 Å². The van der Waals surface area contributed by atoms with Gasteiger partial charge in [-0.3, -0.25) is 4.90 Å². The summed E-state index contributed by atoms with van der Waals surface area (Å²) in [5.41, 5.74) is 2.09. The highest BCUT2D eigenvalue weighted by molar-refractivity contribution is 6.29. The highest BCUT2D eigenvalue weighted by Gasteiger charge is 2.20. The molecule has 3 aromatic rings. The quantitative estimate of drug-likeness (QED) is 0.748. The lowest BCUT2D eigenvalue weighted by Crippen LogP contribution is -2.46. The van der Waals surface area contributed by atoms with Crippen molar-refractivity contribution in [3.8, 4) is 0 Å². The van der Waals surface area contributed by atoms with E-state index in [2.05, 4.69) is 29.7 Å². The monoisotopic (exact) mass is 328 g/mol. The first-order chi connectivity index (χ1) is 11.3. The molecule has 23 heavy (non-hydrogen) atoms. The van der Waals surface area contributed by atoms with E-state index in [1.807, 2.05) is 30.6 Å². The van der Waals surface area contributed by atoms with Crippen molar-refractivity contribution in [1.82, 2.24) is 24.8 Å². The average molecular weight is 329 g/mol. The molecule has 0 aromatic carbocycles. The van der Waals surface area contributed by atoms with Crippen LogP contribution in [0.15, 0.2) is 36.9 Å². The number of anilines is 1. The zero-order valence-corrected chi connectivity index (χ0v) is 13.4. The third kappa shape index (κ3) is 3.00. The van der Waals surface area contributed by atoms with E-state index in [4.69, 9.17) is 11.6 Å². The SMILES string of the molecule is Clc1ccc(CN2CCN(c3ncnc4[nH]ccc34)CC2)cn1. The lowest BCUT2D eigenvalue weighted by atomic mass is 10.2. The number of nitrogens with zero attached hydrogens (tertiary/aromatic N) is 5. The molecule has 0 unspecified atom stereocenters. The minimum absolute atomic E-state index is 0.540. The minimum atomic E-state index is 0.540. The van der Waals surface area contributed by atoms with Crippen molar-refractivity contribution in [3.63, 3.8) is 0 Å². The van der Waals surface area contributed by atoms with Gasteiger partial charge in [-0.1, -0.05) is 17.7 Å². The number of fused-ring (bicyclic) bond motifs is 1. The topological polar surface area (TPSA) is 60.9 Å². The van der Waals surface area contributed by atoms with Gasteiger partial charge in [-0.05, 0) is 17.7 Å². The van der Waals surface area contributed by atoms with Gasteiger partial charge in [-0.15, -0.1) is 0 Å². The fourth-order valence-electron chi connectivity index (χ4n) is 2.99.